The molecular formula is C5H9BrS2. The van der Waals surface area contributed by atoms with Crippen LogP contribution in [0.3, 0.4) is 0 Å². The Morgan fingerprint density at radius 1 is 1.38 bits per heavy atom. The van der Waals surface area contributed by atoms with E-state index >= 15 is 0 Å². The molecule has 1 aliphatic heterocycles. The summed E-state index contributed by atoms with van der Waals surface area (Å²) in [7, 11) is 0. The van der Waals surface area contributed by atoms with Crippen molar-refractivity contribution < 1.29 is 0 Å². The van der Waals surface area contributed by atoms with Gasteiger partial charge in [-0.15, -0.1) is 23.5 Å². The summed E-state index contributed by atoms with van der Waals surface area (Å²) in [4.78, 5) is 0. The lowest BCUT2D eigenvalue weighted by Crippen LogP contribution is -1.90. The van der Waals surface area contributed by atoms with E-state index in [1.165, 1.54) is 17.9 Å². The maximum atomic E-state index is 3.43. The molecule has 0 radical (unpaired) electrons. The highest BCUT2D eigenvalue weighted by atomic mass is 79.9. The van der Waals surface area contributed by atoms with Crippen LogP contribution in [0.4, 0.5) is 0 Å². The van der Waals surface area contributed by atoms with Crippen molar-refractivity contribution in [2.24, 2.45) is 0 Å². The SMILES string of the molecule is BrCCC1SCCS1. The molecule has 0 amide bonds. The Kier molecular flexibility index (Phi) is 3.71. The Bertz CT molecular complexity index is 61.4. The third-order valence-electron chi connectivity index (χ3n) is 1.04. The van der Waals surface area contributed by atoms with E-state index < -0.39 is 0 Å². The summed E-state index contributed by atoms with van der Waals surface area (Å²) >= 11 is 7.63. The second kappa shape index (κ2) is 4.07. The Morgan fingerprint density at radius 3 is 2.50 bits per heavy atom. The van der Waals surface area contributed by atoms with Crippen LogP contribution in [0.2, 0.25) is 0 Å². The van der Waals surface area contributed by atoms with Crippen LogP contribution < -0.4 is 0 Å². The first-order valence-corrected chi connectivity index (χ1v) is 5.94. The molecular weight excluding hydrogens is 204 g/mol. The molecule has 0 saturated carbocycles. The summed E-state index contributed by atoms with van der Waals surface area (Å²) in [5.74, 6) is 2.73. The lowest BCUT2D eigenvalue weighted by molar-refractivity contribution is 1.09. The van der Waals surface area contributed by atoms with Gasteiger partial charge < -0.3 is 0 Å². The van der Waals surface area contributed by atoms with Crippen molar-refractivity contribution >= 4 is 39.5 Å². The van der Waals surface area contributed by atoms with E-state index in [2.05, 4.69) is 39.5 Å². The molecule has 1 fully saturated rings. The number of halogens is 1. The zero-order valence-electron chi connectivity index (χ0n) is 4.60. The van der Waals surface area contributed by atoms with E-state index in [0.717, 1.165) is 9.91 Å². The summed E-state index contributed by atoms with van der Waals surface area (Å²) in [6.45, 7) is 0. The average molecular weight is 213 g/mol. The minimum absolute atomic E-state index is 0.898. The Balaban J connectivity index is 2.06. The van der Waals surface area contributed by atoms with Gasteiger partial charge in [-0.1, -0.05) is 15.9 Å². The highest BCUT2D eigenvalue weighted by Crippen LogP contribution is 2.34. The van der Waals surface area contributed by atoms with Crippen LogP contribution in [0.15, 0.2) is 0 Å². The van der Waals surface area contributed by atoms with Crippen LogP contribution in [0.5, 0.6) is 0 Å². The van der Waals surface area contributed by atoms with Crippen LogP contribution in [0.25, 0.3) is 0 Å². The minimum Gasteiger partial charge on any atom is -0.147 e. The molecule has 0 nitrogen and oxygen atoms in total. The quantitative estimate of drug-likeness (QED) is 0.646. The van der Waals surface area contributed by atoms with Crippen LogP contribution in [0, 0.1) is 0 Å². The smallest absolute Gasteiger partial charge is 0.0511 e. The van der Waals surface area contributed by atoms with E-state index in [4.69, 9.17) is 0 Å². The monoisotopic (exact) mass is 212 g/mol. The van der Waals surface area contributed by atoms with Crippen LogP contribution in [-0.4, -0.2) is 21.4 Å². The van der Waals surface area contributed by atoms with Crippen molar-refractivity contribution in [2.45, 2.75) is 11.0 Å². The molecule has 0 spiro atoms. The van der Waals surface area contributed by atoms with E-state index in [9.17, 15) is 0 Å². The highest BCUT2D eigenvalue weighted by molar-refractivity contribution is 9.09. The lowest BCUT2D eigenvalue weighted by atomic mass is 10.6. The van der Waals surface area contributed by atoms with Crippen molar-refractivity contribution in [3.63, 3.8) is 0 Å². The molecule has 0 aromatic carbocycles. The van der Waals surface area contributed by atoms with Crippen LogP contribution >= 0.6 is 39.5 Å². The predicted molar refractivity (Wildman–Crippen MR) is 47.1 cm³/mol. The molecule has 8 heavy (non-hydrogen) atoms. The summed E-state index contributed by atoms with van der Waals surface area (Å²) in [6, 6.07) is 0. The molecule has 0 aromatic heterocycles. The number of alkyl halides is 1. The number of thioether (sulfide) groups is 2. The maximum Gasteiger partial charge on any atom is 0.0511 e. The van der Waals surface area contributed by atoms with Gasteiger partial charge in [0.2, 0.25) is 0 Å². The molecule has 1 heterocycles. The van der Waals surface area contributed by atoms with Gasteiger partial charge >= 0.3 is 0 Å². The molecule has 0 atom stereocenters. The Labute approximate surface area is 67.3 Å². The van der Waals surface area contributed by atoms with E-state index in [1.54, 1.807) is 0 Å². The zero-order valence-corrected chi connectivity index (χ0v) is 7.82. The van der Waals surface area contributed by atoms with Crippen molar-refractivity contribution in [1.29, 1.82) is 0 Å². The lowest BCUT2D eigenvalue weighted by Gasteiger charge is -2.01. The van der Waals surface area contributed by atoms with Crippen molar-refractivity contribution in [3.8, 4) is 0 Å². The number of hydrogen-bond donors (Lipinski definition) is 0. The van der Waals surface area contributed by atoms with Crippen LogP contribution in [-0.2, 0) is 0 Å². The second-order valence-corrected chi connectivity index (χ2v) is 5.36. The summed E-state index contributed by atoms with van der Waals surface area (Å²) in [5, 5.41) is 1.16. The first-order valence-electron chi connectivity index (χ1n) is 2.72. The molecule has 1 aliphatic rings. The minimum atomic E-state index is 0.898. The Morgan fingerprint density at radius 2 is 2.00 bits per heavy atom. The van der Waals surface area contributed by atoms with Gasteiger partial charge in [0.1, 0.15) is 0 Å². The van der Waals surface area contributed by atoms with Crippen molar-refractivity contribution in [2.75, 3.05) is 16.8 Å². The van der Waals surface area contributed by atoms with E-state index in [-0.39, 0.29) is 0 Å². The highest BCUT2D eigenvalue weighted by Gasteiger charge is 2.13. The summed E-state index contributed by atoms with van der Waals surface area (Å²) < 4.78 is 0.898. The molecule has 3 heteroatoms. The first-order chi connectivity index (χ1) is 3.93. The van der Waals surface area contributed by atoms with Gasteiger partial charge in [-0.05, 0) is 6.42 Å². The largest absolute Gasteiger partial charge is 0.147 e. The van der Waals surface area contributed by atoms with Crippen molar-refractivity contribution in [1.82, 2.24) is 0 Å². The zero-order chi connectivity index (χ0) is 5.82. The molecule has 48 valence electrons. The molecule has 0 N–H and O–H groups in total. The van der Waals surface area contributed by atoms with Gasteiger partial charge in [0, 0.05) is 16.8 Å². The van der Waals surface area contributed by atoms with E-state index in [1.807, 2.05) is 0 Å². The third kappa shape index (κ3) is 2.19. The molecule has 0 aliphatic carbocycles. The van der Waals surface area contributed by atoms with E-state index in [0.29, 0.717) is 0 Å². The summed E-state index contributed by atoms with van der Waals surface area (Å²) in [5.41, 5.74) is 0. The Hall–Kier alpha value is 1.18. The van der Waals surface area contributed by atoms with Crippen molar-refractivity contribution in [3.05, 3.63) is 0 Å². The number of hydrogen-bond acceptors (Lipinski definition) is 2. The topological polar surface area (TPSA) is 0 Å². The maximum absolute atomic E-state index is 3.43. The average Bonchev–Trinajstić information content (AvgIpc) is 2.19. The molecule has 0 unspecified atom stereocenters. The second-order valence-electron chi connectivity index (χ2n) is 1.65. The van der Waals surface area contributed by atoms with Gasteiger partial charge in [0.25, 0.3) is 0 Å². The molecule has 1 rings (SSSR count). The fourth-order valence-electron chi connectivity index (χ4n) is 0.663. The van der Waals surface area contributed by atoms with Gasteiger partial charge in [0.05, 0.1) is 4.58 Å². The van der Waals surface area contributed by atoms with Gasteiger partial charge in [0.15, 0.2) is 0 Å². The predicted octanol–water partition coefficient (Wildman–Crippen LogP) is 2.58. The fraction of sp³-hybridized carbons (Fsp3) is 1.00. The molecule has 0 bridgehead atoms. The third-order valence-corrected chi connectivity index (χ3v) is 4.66. The number of rotatable bonds is 2. The molecule has 0 aromatic rings. The molecule has 1 saturated heterocycles. The standard InChI is InChI=1S/C5H9BrS2/c6-2-1-5-7-3-4-8-5/h5H,1-4H2. The van der Waals surface area contributed by atoms with Gasteiger partial charge in [-0.25, -0.2) is 0 Å². The van der Waals surface area contributed by atoms with Crippen LogP contribution in [0.1, 0.15) is 6.42 Å². The van der Waals surface area contributed by atoms with Gasteiger partial charge in [-0.3, -0.25) is 0 Å². The first kappa shape index (κ1) is 7.29. The summed E-state index contributed by atoms with van der Waals surface area (Å²) in [6.07, 6.45) is 1.33. The fourth-order valence-corrected chi connectivity index (χ4v) is 4.55. The normalized spacial score (nSPS) is 22.1. The van der Waals surface area contributed by atoms with Gasteiger partial charge in [-0.2, -0.15) is 0 Å².